The third-order valence-corrected chi connectivity index (χ3v) is 2.82. The second-order valence-corrected chi connectivity index (χ2v) is 4.37. The molecule has 0 aliphatic rings. The van der Waals surface area contributed by atoms with Crippen LogP contribution in [0, 0.1) is 15.9 Å². The first-order valence-corrected chi connectivity index (χ1v) is 6.25. The van der Waals surface area contributed by atoms with Crippen LogP contribution in [0.4, 0.5) is 10.1 Å². The highest BCUT2D eigenvalue weighted by Gasteiger charge is 2.13. The van der Waals surface area contributed by atoms with E-state index in [1.807, 2.05) is 13.1 Å². The highest BCUT2D eigenvalue weighted by molar-refractivity contribution is 5.35. The summed E-state index contributed by atoms with van der Waals surface area (Å²) in [6.45, 7) is 4.00. The Morgan fingerprint density at radius 1 is 1.45 bits per heavy atom. The van der Waals surface area contributed by atoms with Gasteiger partial charge in [-0.3, -0.25) is 14.8 Å². The molecule has 0 amide bonds. The molecule has 1 aromatic carbocycles. The molecular weight excluding hydrogens is 263 g/mol. The summed E-state index contributed by atoms with van der Waals surface area (Å²) in [7, 11) is 0. The minimum absolute atomic E-state index is 0.376. The van der Waals surface area contributed by atoms with Gasteiger partial charge in [0.25, 0.3) is 0 Å². The first kappa shape index (κ1) is 14.1. The average molecular weight is 278 g/mol. The molecule has 0 saturated carbocycles. The number of nitrogens with one attached hydrogen (secondary N) is 1. The SMILES string of the molecule is CCNCc1cnn(Cc2ccc([N+](=O)[O-])c(F)c2)c1. The molecule has 7 heteroatoms. The van der Waals surface area contributed by atoms with E-state index in [2.05, 4.69) is 10.4 Å². The van der Waals surface area contributed by atoms with E-state index >= 15 is 0 Å². The van der Waals surface area contributed by atoms with E-state index in [0.717, 1.165) is 18.7 Å². The molecule has 0 unspecified atom stereocenters. The van der Waals surface area contributed by atoms with Crippen molar-refractivity contribution in [2.75, 3.05) is 6.54 Å². The number of halogens is 1. The van der Waals surface area contributed by atoms with Gasteiger partial charge in [0.2, 0.25) is 5.82 Å². The summed E-state index contributed by atoms with van der Waals surface area (Å²) >= 11 is 0. The largest absolute Gasteiger partial charge is 0.313 e. The fraction of sp³-hybridized carbons (Fsp3) is 0.308. The number of rotatable bonds is 6. The fourth-order valence-corrected chi connectivity index (χ4v) is 1.84. The zero-order chi connectivity index (χ0) is 14.5. The smallest absolute Gasteiger partial charge is 0.304 e. The highest BCUT2D eigenvalue weighted by atomic mass is 19.1. The van der Waals surface area contributed by atoms with Crippen molar-refractivity contribution in [1.82, 2.24) is 15.1 Å². The average Bonchev–Trinajstić information content (AvgIpc) is 2.83. The van der Waals surface area contributed by atoms with Crippen LogP contribution in [0.2, 0.25) is 0 Å². The van der Waals surface area contributed by atoms with Crippen LogP contribution < -0.4 is 5.32 Å². The lowest BCUT2D eigenvalue weighted by Gasteiger charge is -2.02. The van der Waals surface area contributed by atoms with Crippen molar-refractivity contribution in [2.24, 2.45) is 0 Å². The maximum atomic E-state index is 13.5. The number of aromatic nitrogens is 2. The molecular formula is C13H15FN4O2. The van der Waals surface area contributed by atoms with E-state index < -0.39 is 16.4 Å². The van der Waals surface area contributed by atoms with Crippen molar-refractivity contribution in [3.8, 4) is 0 Å². The van der Waals surface area contributed by atoms with Crippen molar-refractivity contribution in [1.29, 1.82) is 0 Å². The van der Waals surface area contributed by atoms with E-state index in [1.165, 1.54) is 18.2 Å². The summed E-state index contributed by atoms with van der Waals surface area (Å²) in [6, 6.07) is 3.88. The van der Waals surface area contributed by atoms with Crippen LogP contribution in [0.5, 0.6) is 0 Å². The predicted molar refractivity (Wildman–Crippen MR) is 71.8 cm³/mol. The highest BCUT2D eigenvalue weighted by Crippen LogP contribution is 2.18. The number of nitrogens with zero attached hydrogens (tertiary/aromatic N) is 3. The summed E-state index contributed by atoms with van der Waals surface area (Å²) in [5, 5.41) is 17.9. The second kappa shape index (κ2) is 6.25. The molecule has 0 radical (unpaired) electrons. The topological polar surface area (TPSA) is 73.0 Å². The fourth-order valence-electron chi connectivity index (χ4n) is 1.84. The summed E-state index contributed by atoms with van der Waals surface area (Å²) in [6.07, 6.45) is 3.60. The molecule has 0 aliphatic heterocycles. The maximum Gasteiger partial charge on any atom is 0.304 e. The monoisotopic (exact) mass is 278 g/mol. The Kier molecular flexibility index (Phi) is 4.41. The minimum Gasteiger partial charge on any atom is -0.313 e. The standard InChI is InChI=1S/C13H15FN4O2/c1-2-15-6-11-7-16-17(9-11)8-10-3-4-13(18(19)20)12(14)5-10/h3-5,7,9,15H,2,6,8H2,1H3. The van der Waals surface area contributed by atoms with E-state index in [9.17, 15) is 14.5 Å². The number of nitro groups is 1. The molecule has 6 nitrogen and oxygen atoms in total. The molecule has 0 saturated heterocycles. The van der Waals surface area contributed by atoms with E-state index in [1.54, 1.807) is 10.9 Å². The predicted octanol–water partition coefficient (Wildman–Crippen LogP) is 2.09. The third kappa shape index (κ3) is 3.39. The van der Waals surface area contributed by atoms with Crippen molar-refractivity contribution in [3.05, 3.63) is 57.7 Å². The molecule has 2 rings (SSSR count). The molecule has 0 bridgehead atoms. The zero-order valence-corrected chi connectivity index (χ0v) is 11.0. The van der Waals surface area contributed by atoms with Crippen LogP contribution in [0.15, 0.2) is 30.6 Å². The molecule has 0 spiro atoms. The summed E-state index contributed by atoms with van der Waals surface area (Å²) in [5.41, 5.74) is 1.16. The first-order chi connectivity index (χ1) is 9.60. The molecule has 106 valence electrons. The van der Waals surface area contributed by atoms with Gasteiger partial charge in [-0.25, -0.2) is 0 Å². The van der Waals surface area contributed by atoms with E-state index in [-0.39, 0.29) is 0 Å². The molecule has 0 aliphatic carbocycles. The first-order valence-electron chi connectivity index (χ1n) is 6.25. The van der Waals surface area contributed by atoms with Gasteiger partial charge in [-0.2, -0.15) is 9.49 Å². The Balaban J connectivity index is 2.08. The van der Waals surface area contributed by atoms with Crippen LogP contribution in [0.25, 0.3) is 0 Å². The van der Waals surface area contributed by atoms with Gasteiger partial charge in [0.1, 0.15) is 0 Å². The Morgan fingerprint density at radius 3 is 2.90 bits per heavy atom. The van der Waals surface area contributed by atoms with Gasteiger partial charge < -0.3 is 5.32 Å². The van der Waals surface area contributed by atoms with Gasteiger partial charge in [-0.15, -0.1) is 0 Å². The third-order valence-electron chi connectivity index (χ3n) is 2.82. The van der Waals surface area contributed by atoms with Crippen molar-refractivity contribution in [2.45, 2.75) is 20.0 Å². The molecule has 20 heavy (non-hydrogen) atoms. The Labute approximate surface area is 115 Å². The van der Waals surface area contributed by atoms with E-state index in [4.69, 9.17) is 0 Å². The van der Waals surface area contributed by atoms with Crippen molar-refractivity contribution >= 4 is 5.69 Å². The molecule has 0 atom stereocenters. The van der Waals surface area contributed by atoms with Crippen LogP contribution in [-0.2, 0) is 13.1 Å². The Morgan fingerprint density at radius 2 is 2.25 bits per heavy atom. The minimum atomic E-state index is -0.826. The van der Waals surface area contributed by atoms with Crippen LogP contribution in [0.1, 0.15) is 18.1 Å². The zero-order valence-electron chi connectivity index (χ0n) is 11.0. The van der Waals surface area contributed by atoms with Gasteiger partial charge in [0.15, 0.2) is 0 Å². The summed E-state index contributed by atoms with van der Waals surface area (Å²) in [5.74, 6) is -0.826. The van der Waals surface area contributed by atoms with Gasteiger partial charge in [0.05, 0.1) is 17.7 Å². The number of benzene rings is 1. The Hall–Kier alpha value is -2.28. The summed E-state index contributed by atoms with van der Waals surface area (Å²) < 4.78 is 15.2. The van der Waals surface area contributed by atoms with Crippen molar-refractivity contribution in [3.63, 3.8) is 0 Å². The van der Waals surface area contributed by atoms with Gasteiger partial charge >= 0.3 is 5.69 Å². The van der Waals surface area contributed by atoms with Crippen LogP contribution in [-0.4, -0.2) is 21.2 Å². The second-order valence-electron chi connectivity index (χ2n) is 4.37. The van der Waals surface area contributed by atoms with E-state index in [0.29, 0.717) is 12.1 Å². The molecule has 2 aromatic rings. The van der Waals surface area contributed by atoms with Gasteiger partial charge in [0, 0.05) is 24.4 Å². The molecule has 0 fully saturated rings. The lowest BCUT2D eigenvalue weighted by atomic mass is 10.2. The number of hydrogen-bond donors (Lipinski definition) is 1. The molecule has 1 N–H and O–H groups in total. The quantitative estimate of drug-likeness (QED) is 0.648. The van der Waals surface area contributed by atoms with Gasteiger partial charge in [-0.05, 0) is 18.2 Å². The molecule has 1 heterocycles. The normalized spacial score (nSPS) is 10.7. The number of hydrogen-bond acceptors (Lipinski definition) is 4. The lowest BCUT2D eigenvalue weighted by molar-refractivity contribution is -0.387. The summed E-state index contributed by atoms with van der Waals surface area (Å²) in [4.78, 5) is 9.80. The maximum absolute atomic E-state index is 13.5. The van der Waals surface area contributed by atoms with Crippen LogP contribution >= 0.6 is 0 Å². The van der Waals surface area contributed by atoms with Gasteiger partial charge in [-0.1, -0.05) is 13.0 Å². The number of nitro benzene ring substituents is 1. The molecule has 1 aromatic heterocycles. The Bertz CT molecular complexity index is 612. The van der Waals surface area contributed by atoms with Crippen molar-refractivity contribution < 1.29 is 9.31 Å². The lowest BCUT2D eigenvalue weighted by Crippen LogP contribution is -2.11. The van der Waals surface area contributed by atoms with Crippen LogP contribution in [0.3, 0.4) is 0 Å².